The summed E-state index contributed by atoms with van der Waals surface area (Å²) in [7, 11) is -1.74. The number of fused-ring (bicyclic) bond motifs is 2. The van der Waals surface area contributed by atoms with Gasteiger partial charge in [-0.15, -0.1) is 0 Å². The Kier molecular flexibility index (Phi) is 5.79. The molecule has 0 amide bonds. The van der Waals surface area contributed by atoms with Gasteiger partial charge in [0, 0.05) is 29.8 Å². The van der Waals surface area contributed by atoms with E-state index in [0.717, 1.165) is 19.3 Å². The first kappa shape index (κ1) is 21.8. The summed E-state index contributed by atoms with van der Waals surface area (Å²) >= 11 is 0. The summed E-state index contributed by atoms with van der Waals surface area (Å²) < 4.78 is 31.9. The molecular weight excluding hydrogens is 422 g/mol. The van der Waals surface area contributed by atoms with E-state index in [0.29, 0.717) is 42.0 Å². The average Bonchev–Trinajstić information content (AvgIpc) is 3.13. The van der Waals surface area contributed by atoms with E-state index < -0.39 is 15.6 Å². The molecule has 3 unspecified atom stereocenters. The molecule has 2 aliphatic rings. The van der Waals surface area contributed by atoms with Gasteiger partial charge < -0.3 is 20.5 Å². The predicted octanol–water partition coefficient (Wildman–Crippen LogP) is 1.59. The van der Waals surface area contributed by atoms with Crippen LogP contribution in [0.5, 0.6) is 5.88 Å². The number of aliphatic hydroxyl groups excluding tert-OH is 1. The normalized spacial score (nSPS) is 26.5. The third kappa shape index (κ3) is 4.60. The molecule has 2 aliphatic heterocycles. The second kappa shape index (κ2) is 8.24. The third-order valence-electron chi connectivity index (χ3n) is 6.02. The standard InChI is InChI=1S/C19H29N7O4S/c1-19-6-4-5-14(26(19)31(3,28)29)7-12(10-19)20-18-22-15(9-17(23-18)30-2)21-16-8-13(11-27)24-25-16/h8-9,12,14,27H,4-7,10-11H2,1-3H3,(H3,20,21,22,23,24,25). The summed E-state index contributed by atoms with van der Waals surface area (Å²) in [5.41, 5.74) is 0.168. The van der Waals surface area contributed by atoms with E-state index in [-0.39, 0.29) is 18.7 Å². The molecule has 11 nitrogen and oxygen atoms in total. The fourth-order valence-corrected chi connectivity index (χ4v) is 6.69. The maximum Gasteiger partial charge on any atom is 0.228 e. The Morgan fingerprint density at radius 2 is 2.16 bits per heavy atom. The molecule has 2 bridgehead atoms. The first-order chi connectivity index (χ1) is 14.7. The molecule has 3 atom stereocenters. The molecule has 4 heterocycles. The maximum absolute atomic E-state index is 12.4. The lowest BCUT2D eigenvalue weighted by Gasteiger charge is -2.54. The molecule has 0 spiro atoms. The van der Waals surface area contributed by atoms with Gasteiger partial charge in [0.05, 0.1) is 25.7 Å². The number of hydrogen-bond acceptors (Lipinski definition) is 9. The van der Waals surface area contributed by atoms with Crippen molar-refractivity contribution in [3.63, 3.8) is 0 Å². The first-order valence-corrected chi connectivity index (χ1v) is 12.2. The van der Waals surface area contributed by atoms with E-state index >= 15 is 0 Å². The summed E-state index contributed by atoms with van der Waals surface area (Å²) in [6.45, 7) is 1.89. The summed E-state index contributed by atoms with van der Waals surface area (Å²) in [5, 5.41) is 22.5. The zero-order valence-electron chi connectivity index (χ0n) is 17.9. The van der Waals surface area contributed by atoms with Crippen LogP contribution in [-0.2, 0) is 16.6 Å². The van der Waals surface area contributed by atoms with E-state index in [1.165, 1.54) is 13.4 Å². The highest BCUT2D eigenvalue weighted by Gasteiger charge is 2.50. The van der Waals surface area contributed by atoms with Crippen LogP contribution in [0.1, 0.15) is 44.7 Å². The van der Waals surface area contributed by atoms with Gasteiger partial charge in [-0.1, -0.05) is 0 Å². The Hall–Kier alpha value is -2.44. The Balaban J connectivity index is 1.54. The van der Waals surface area contributed by atoms with E-state index in [1.807, 2.05) is 6.92 Å². The van der Waals surface area contributed by atoms with Crippen LogP contribution in [0.3, 0.4) is 0 Å². The first-order valence-electron chi connectivity index (χ1n) is 10.3. The number of nitrogens with zero attached hydrogens (tertiary/aromatic N) is 4. The zero-order valence-corrected chi connectivity index (χ0v) is 18.7. The zero-order chi connectivity index (χ0) is 22.2. The maximum atomic E-state index is 12.4. The van der Waals surface area contributed by atoms with Gasteiger partial charge in [0.25, 0.3) is 0 Å². The molecule has 12 heteroatoms. The molecule has 31 heavy (non-hydrogen) atoms. The van der Waals surface area contributed by atoms with Crippen LogP contribution < -0.4 is 15.4 Å². The molecule has 4 rings (SSSR count). The molecule has 0 aliphatic carbocycles. The SMILES string of the molecule is COc1cc(Nc2cc(CO)[nH]n2)nc(NC2CC3CCCC(C)(C2)N3S(C)(=O)=O)n1. The summed E-state index contributed by atoms with van der Waals surface area (Å²) in [6, 6.07) is 3.36. The molecule has 2 aromatic rings. The van der Waals surface area contributed by atoms with E-state index in [4.69, 9.17) is 4.74 Å². The highest BCUT2D eigenvalue weighted by atomic mass is 32.2. The minimum atomic E-state index is -3.28. The second-order valence-corrected chi connectivity index (χ2v) is 10.4. The second-order valence-electron chi connectivity index (χ2n) is 8.56. The van der Waals surface area contributed by atoms with Gasteiger partial charge in [-0.05, 0) is 39.0 Å². The number of sulfonamides is 1. The molecule has 0 aromatic carbocycles. The van der Waals surface area contributed by atoms with Crippen molar-refractivity contribution in [2.75, 3.05) is 24.0 Å². The summed E-state index contributed by atoms with van der Waals surface area (Å²) in [5.74, 6) is 1.79. The number of aliphatic hydroxyl groups is 1. The molecule has 0 saturated carbocycles. The van der Waals surface area contributed by atoms with Crippen molar-refractivity contribution in [3.8, 4) is 5.88 Å². The number of nitrogens with one attached hydrogen (secondary N) is 3. The third-order valence-corrected chi connectivity index (χ3v) is 7.47. The van der Waals surface area contributed by atoms with E-state index in [9.17, 15) is 13.5 Å². The van der Waals surface area contributed by atoms with E-state index in [2.05, 4.69) is 30.8 Å². The van der Waals surface area contributed by atoms with E-state index in [1.54, 1.807) is 16.4 Å². The Morgan fingerprint density at radius 3 is 2.81 bits per heavy atom. The van der Waals surface area contributed by atoms with Crippen molar-refractivity contribution >= 4 is 27.6 Å². The number of H-pyrrole nitrogens is 1. The van der Waals surface area contributed by atoms with Gasteiger partial charge in [0.1, 0.15) is 5.82 Å². The van der Waals surface area contributed by atoms with Gasteiger partial charge in [-0.3, -0.25) is 5.10 Å². The Morgan fingerprint density at radius 1 is 1.35 bits per heavy atom. The number of ether oxygens (including phenoxy) is 1. The quantitative estimate of drug-likeness (QED) is 0.493. The summed E-state index contributed by atoms with van der Waals surface area (Å²) in [6.07, 6.45) is 5.41. The smallest absolute Gasteiger partial charge is 0.228 e. The van der Waals surface area contributed by atoms with Crippen LogP contribution in [0, 0.1) is 0 Å². The Bertz CT molecular complexity index is 1040. The molecule has 4 N–H and O–H groups in total. The van der Waals surface area contributed by atoms with Crippen LogP contribution in [0.15, 0.2) is 12.1 Å². The number of aromatic nitrogens is 4. The topological polar surface area (TPSA) is 145 Å². The van der Waals surface area contributed by atoms with Crippen molar-refractivity contribution in [2.45, 2.75) is 63.3 Å². The van der Waals surface area contributed by atoms with Crippen molar-refractivity contribution in [2.24, 2.45) is 0 Å². The van der Waals surface area contributed by atoms with Gasteiger partial charge >= 0.3 is 0 Å². The molecule has 2 aromatic heterocycles. The fourth-order valence-electron chi connectivity index (χ4n) is 4.99. The number of aromatic amines is 1. The lowest BCUT2D eigenvalue weighted by molar-refractivity contribution is 0.0412. The molecule has 170 valence electrons. The monoisotopic (exact) mass is 451 g/mol. The van der Waals surface area contributed by atoms with Crippen molar-refractivity contribution in [1.82, 2.24) is 24.5 Å². The van der Waals surface area contributed by atoms with Crippen LogP contribution in [0.4, 0.5) is 17.6 Å². The van der Waals surface area contributed by atoms with Gasteiger partial charge in [-0.2, -0.15) is 19.4 Å². The van der Waals surface area contributed by atoms with Crippen molar-refractivity contribution < 1.29 is 18.3 Å². The number of piperidine rings is 2. The van der Waals surface area contributed by atoms with Crippen molar-refractivity contribution in [1.29, 1.82) is 0 Å². The number of anilines is 3. The van der Waals surface area contributed by atoms with Gasteiger partial charge in [0.2, 0.25) is 21.9 Å². The lowest BCUT2D eigenvalue weighted by Crippen LogP contribution is -2.63. The van der Waals surface area contributed by atoms with Crippen LogP contribution >= 0.6 is 0 Å². The van der Waals surface area contributed by atoms with Crippen molar-refractivity contribution in [3.05, 3.63) is 17.8 Å². The van der Waals surface area contributed by atoms with Gasteiger partial charge in [-0.25, -0.2) is 8.42 Å². The molecular formula is C19H29N7O4S. The highest BCUT2D eigenvalue weighted by molar-refractivity contribution is 7.88. The predicted molar refractivity (Wildman–Crippen MR) is 116 cm³/mol. The number of methoxy groups -OCH3 is 1. The van der Waals surface area contributed by atoms with Crippen LogP contribution in [0.25, 0.3) is 0 Å². The number of rotatable bonds is 7. The molecule has 2 saturated heterocycles. The largest absolute Gasteiger partial charge is 0.481 e. The Labute approximate surface area is 181 Å². The van der Waals surface area contributed by atoms with Crippen LogP contribution in [0.2, 0.25) is 0 Å². The molecule has 0 radical (unpaired) electrons. The molecule has 2 fully saturated rings. The van der Waals surface area contributed by atoms with Crippen LogP contribution in [-0.4, -0.2) is 69.0 Å². The minimum absolute atomic E-state index is 0.0239. The minimum Gasteiger partial charge on any atom is -0.481 e. The fraction of sp³-hybridized carbons (Fsp3) is 0.632. The number of hydrogen-bond donors (Lipinski definition) is 4. The lowest BCUT2D eigenvalue weighted by atomic mass is 9.75. The van der Waals surface area contributed by atoms with Gasteiger partial charge in [0.15, 0.2) is 5.82 Å². The summed E-state index contributed by atoms with van der Waals surface area (Å²) in [4.78, 5) is 8.94. The highest BCUT2D eigenvalue weighted by Crippen LogP contribution is 2.44. The average molecular weight is 452 g/mol.